The van der Waals surface area contributed by atoms with E-state index in [9.17, 15) is 0 Å². The van der Waals surface area contributed by atoms with Crippen LogP contribution < -0.4 is 5.32 Å². The predicted molar refractivity (Wildman–Crippen MR) is 45.3 cm³/mol. The number of nitrogens with one attached hydrogen (secondary N) is 1. The molecule has 1 N–H and O–H groups in total. The van der Waals surface area contributed by atoms with Gasteiger partial charge in [-0.2, -0.15) is 0 Å². The van der Waals surface area contributed by atoms with Crippen LogP contribution in [0.4, 0.5) is 0 Å². The molecule has 0 saturated carbocycles. The normalized spacial score (nSPS) is 17.9. The molecule has 0 aromatic carbocycles. The van der Waals surface area contributed by atoms with Crippen LogP contribution in [0.5, 0.6) is 0 Å². The van der Waals surface area contributed by atoms with Crippen LogP contribution in [0.3, 0.4) is 0 Å². The van der Waals surface area contributed by atoms with Crippen LogP contribution in [0.15, 0.2) is 16.9 Å². The predicted octanol–water partition coefficient (Wildman–Crippen LogP) is 0.926. The van der Waals surface area contributed by atoms with Gasteiger partial charge in [-0.1, -0.05) is 0 Å². The largest absolute Gasteiger partial charge is 0.315 e. The Labute approximate surface area is 73.4 Å². The highest BCUT2D eigenvalue weighted by molar-refractivity contribution is 9.10. The van der Waals surface area contributed by atoms with Gasteiger partial charge in [-0.3, -0.25) is 0 Å². The van der Waals surface area contributed by atoms with Gasteiger partial charge < -0.3 is 5.32 Å². The van der Waals surface area contributed by atoms with E-state index >= 15 is 0 Å². The molecule has 0 bridgehead atoms. The van der Waals surface area contributed by atoms with Gasteiger partial charge in [0.2, 0.25) is 0 Å². The van der Waals surface area contributed by atoms with E-state index in [1.807, 2.05) is 0 Å². The van der Waals surface area contributed by atoms with E-state index < -0.39 is 0 Å². The van der Waals surface area contributed by atoms with E-state index in [2.05, 4.69) is 31.2 Å². The molecule has 0 radical (unpaired) electrons. The lowest BCUT2D eigenvalue weighted by molar-refractivity contribution is 0.429. The highest BCUT2D eigenvalue weighted by Crippen LogP contribution is 2.15. The summed E-state index contributed by atoms with van der Waals surface area (Å²) in [5, 5.41) is 3.18. The maximum absolute atomic E-state index is 4.20. The van der Waals surface area contributed by atoms with Crippen LogP contribution in [0.25, 0.3) is 0 Å². The summed E-state index contributed by atoms with van der Waals surface area (Å²) in [6, 6.07) is 0. The zero-order valence-corrected chi connectivity index (χ0v) is 7.50. The molecular weight excluding hydrogens is 206 g/mol. The second kappa shape index (κ2) is 2.87. The summed E-state index contributed by atoms with van der Waals surface area (Å²) in [5.41, 5.74) is 0. The van der Waals surface area contributed by atoms with Crippen molar-refractivity contribution >= 4 is 15.9 Å². The van der Waals surface area contributed by atoms with Crippen molar-refractivity contribution in [3.8, 4) is 0 Å². The second-order valence-corrected chi connectivity index (χ2v) is 3.53. The van der Waals surface area contributed by atoms with E-state index in [0.717, 1.165) is 23.4 Å². The average Bonchev–Trinajstić information content (AvgIpc) is 1.90. The number of aromatic nitrogens is 2. The van der Waals surface area contributed by atoms with Gasteiger partial charge in [-0.05, 0) is 15.9 Å². The highest BCUT2D eigenvalue weighted by atomic mass is 79.9. The molecule has 2 heterocycles. The minimum atomic E-state index is 0.531. The molecule has 1 aromatic rings. The highest BCUT2D eigenvalue weighted by Gasteiger charge is 2.20. The van der Waals surface area contributed by atoms with Crippen LogP contribution in [0.1, 0.15) is 11.7 Å². The third-order valence-electron chi connectivity index (χ3n) is 1.79. The monoisotopic (exact) mass is 213 g/mol. The van der Waals surface area contributed by atoms with Crippen LogP contribution in [-0.2, 0) is 0 Å². The van der Waals surface area contributed by atoms with Gasteiger partial charge in [0.1, 0.15) is 5.82 Å². The van der Waals surface area contributed by atoms with Gasteiger partial charge in [0.05, 0.1) is 4.47 Å². The molecule has 1 aliphatic heterocycles. The molecular formula is C7H8BrN3. The first-order valence-corrected chi connectivity index (χ1v) is 4.34. The van der Waals surface area contributed by atoms with Crippen molar-refractivity contribution in [1.82, 2.24) is 15.3 Å². The lowest BCUT2D eigenvalue weighted by Gasteiger charge is -2.25. The van der Waals surface area contributed by atoms with Crippen molar-refractivity contribution in [3.05, 3.63) is 22.7 Å². The molecule has 1 saturated heterocycles. The molecule has 1 aromatic heterocycles. The first kappa shape index (κ1) is 7.18. The lowest BCUT2D eigenvalue weighted by Crippen LogP contribution is -2.40. The summed E-state index contributed by atoms with van der Waals surface area (Å²) in [5.74, 6) is 1.48. The summed E-state index contributed by atoms with van der Waals surface area (Å²) in [6.07, 6.45) is 3.58. The minimum absolute atomic E-state index is 0.531. The summed E-state index contributed by atoms with van der Waals surface area (Å²) < 4.78 is 0.938. The molecule has 1 fully saturated rings. The number of nitrogens with zero attached hydrogens (tertiary/aromatic N) is 2. The SMILES string of the molecule is Brc1cnc(C2CNC2)nc1. The van der Waals surface area contributed by atoms with Crippen LogP contribution >= 0.6 is 15.9 Å². The van der Waals surface area contributed by atoms with E-state index in [-0.39, 0.29) is 0 Å². The van der Waals surface area contributed by atoms with Crippen molar-refractivity contribution in [2.75, 3.05) is 13.1 Å². The summed E-state index contributed by atoms with van der Waals surface area (Å²) in [6.45, 7) is 2.03. The minimum Gasteiger partial charge on any atom is -0.315 e. The fourth-order valence-electron chi connectivity index (χ4n) is 1.00. The molecule has 0 aliphatic carbocycles. The Morgan fingerprint density at radius 3 is 2.45 bits per heavy atom. The van der Waals surface area contributed by atoms with E-state index in [1.54, 1.807) is 12.4 Å². The van der Waals surface area contributed by atoms with Gasteiger partial charge >= 0.3 is 0 Å². The van der Waals surface area contributed by atoms with Gasteiger partial charge in [0.25, 0.3) is 0 Å². The average molecular weight is 214 g/mol. The Balaban J connectivity index is 2.18. The summed E-state index contributed by atoms with van der Waals surface area (Å²) in [7, 11) is 0. The topological polar surface area (TPSA) is 37.8 Å². The Morgan fingerprint density at radius 1 is 1.36 bits per heavy atom. The fourth-order valence-corrected chi connectivity index (χ4v) is 1.21. The zero-order chi connectivity index (χ0) is 7.68. The Bertz CT molecular complexity index is 242. The lowest BCUT2D eigenvalue weighted by atomic mass is 10.0. The van der Waals surface area contributed by atoms with Crippen molar-refractivity contribution in [2.24, 2.45) is 0 Å². The van der Waals surface area contributed by atoms with Gasteiger partial charge in [0, 0.05) is 31.4 Å². The maximum Gasteiger partial charge on any atom is 0.133 e. The number of halogens is 1. The smallest absolute Gasteiger partial charge is 0.133 e. The van der Waals surface area contributed by atoms with E-state index in [4.69, 9.17) is 0 Å². The molecule has 4 heteroatoms. The zero-order valence-electron chi connectivity index (χ0n) is 5.92. The van der Waals surface area contributed by atoms with Crippen molar-refractivity contribution in [3.63, 3.8) is 0 Å². The van der Waals surface area contributed by atoms with Crippen molar-refractivity contribution in [1.29, 1.82) is 0 Å². The Kier molecular flexibility index (Phi) is 1.87. The van der Waals surface area contributed by atoms with E-state index in [0.29, 0.717) is 5.92 Å². The van der Waals surface area contributed by atoms with Gasteiger partial charge in [-0.25, -0.2) is 9.97 Å². The maximum atomic E-state index is 4.20. The number of rotatable bonds is 1. The number of hydrogen-bond donors (Lipinski definition) is 1. The fraction of sp³-hybridized carbons (Fsp3) is 0.429. The summed E-state index contributed by atoms with van der Waals surface area (Å²) in [4.78, 5) is 8.40. The molecule has 58 valence electrons. The molecule has 0 unspecified atom stereocenters. The molecule has 11 heavy (non-hydrogen) atoms. The van der Waals surface area contributed by atoms with Gasteiger partial charge in [0.15, 0.2) is 0 Å². The van der Waals surface area contributed by atoms with Crippen molar-refractivity contribution < 1.29 is 0 Å². The number of hydrogen-bond acceptors (Lipinski definition) is 3. The third kappa shape index (κ3) is 1.41. The molecule has 1 aliphatic rings. The molecule has 0 spiro atoms. The van der Waals surface area contributed by atoms with E-state index in [1.165, 1.54) is 0 Å². The molecule has 0 amide bonds. The van der Waals surface area contributed by atoms with Crippen LogP contribution in [0, 0.1) is 0 Å². The first-order valence-electron chi connectivity index (χ1n) is 3.54. The van der Waals surface area contributed by atoms with Crippen LogP contribution in [0.2, 0.25) is 0 Å². The second-order valence-electron chi connectivity index (χ2n) is 2.61. The third-order valence-corrected chi connectivity index (χ3v) is 2.20. The van der Waals surface area contributed by atoms with Crippen molar-refractivity contribution in [2.45, 2.75) is 5.92 Å². The Hall–Kier alpha value is -0.480. The standard InChI is InChI=1S/C7H8BrN3/c8-6-3-10-7(11-4-6)5-1-9-2-5/h3-5,9H,1-2H2. The van der Waals surface area contributed by atoms with Crippen LogP contribution in [-0.4, -0.2) is 23.1 Å². The molecule has 0 atom stereocenters. The first-order chi connectivity index (χ1) is 5.36. The molecule has 2 rings (SSSR count). The Morgan fingerprint density at radius 2 is 2.00 bits per heavy atom. The van der Waals surface area contributed by atoms with Gasteiger partial charge in [-0.15, -0.1) is 0 Å². The quantitative estimate of drug-likeness (QED) is 0.755. The molecule has 3 nitrogen and oxygen atoms in total. The summed E-state index contributed by atoms with van der Waals surface area (Å²) >= 11 is 3.29.